The molecule has 3 nitrogen and oxygen atoms in total. The predicted molar refractivity (Wildman–Crippen MR) is 70.0 cm³/mol. The molecule has 1 aromatic heterocycles. The van der Waals surface area contributed by atoms with E-state index in [2.05, 4.69) is 9.97 Å². The Morgan fingerprint density at radius 3 is 2.29 bits per heavy atom. The zero-order valence-electron chi connectivity index (χ0n) is 11.4. The third kappa shape index (κ3) is 3.44. The number of hydrogen-bond acceptors (Lipinski definition) is 2. The van der Waals surface area contributed by atoms with Gasteiger partial charge in [0.2, 0.25) is 0 Å². The number of H-pyrrole nitrogens is 1. The number of hydrogen-bond donors (Lipinski definition) is 1. The molecule has 0 unspecified atom stereocenters. The fourth-order valence-corrected chi connectivity index (χ4v) is 1.32. The first-order valence-electron chi connectivity index (χ1n) is 5.91. The van der Waals surface area contributed by atoms with Crippen LogP contribution in [0.15, 0.2) is 12.1 Å². The van der Waals surface area contributed by atoms with E-state index < -0.39 is 0 Å². The quantitative estimate of drug-likeness (QED) is 0.815. The number of aromatic amines is 1. The number of halogens is 1. The van der Waals surface area contributed by atoms with Crippen molar-refractivity contribution < 1.29 is 9.13 Å². The zero-order valence-corrected chi connectivity index (χ0v) is 11.4. The van der Waals surface area contributed by atoms with Gasteiger partial charge in [0.05, 0.1) is 7.11 Å². The van der Waals surface area contributed by atoms with Gasteiger partial charge < -0.3 is 9.72 Å². The van der Waals surface area contributed by atoms with Crippen molar-refractivity contribution in [3.8, 4) is 5.75 Å². The average Bonchev–Trinajstić information content (AvgIpc) is 2.77. The molecule has 0 atom stereocenters. The number of fused-ring (bicyclic) bond motifs is 1. The van der Waals surface area contributed by atoms with Crippen LogP contribution in [-0.4, -0.2) is 17.1 Å². The molecule has 1 aromatic carbocycles. The van der Waals surface area contributed by atoms with Crippen LogP contribution >= 0.6 is 0 Å². The lowest BCUT2D eigenvalue weighted by molar-refractivity contribution is 0.418. The van der Waals surface area contributed by atoms with E-state index in [1.165, 1.54) is 6.07 Å². The van der Waals surface area contributed by atoms with Crippen LogP contribution in [0.3, 0.4) is 0 Å². The van der Waals surface area contributed by atoms with E-state index >= 15 is 0 Å². The highest BCUT2D eigenvalue weighted by molar-refractivity contribution is 5.82. The van der Waals surface area contributed by atoms with Gasteiger partial charge in [-0.15, -0.1) is 0 Å². The van der Waals surface area contributed by atoms with E-state index in [4.69, 9.17) is 4.74 Å². The topological polar surface area (TPSA) is 37.9 Å². The van der Waals surface area contributed by atoms with Gasteiger partial charge in [-0.2, -0.15) is 0 Å². The number of ether oxygens (including phenoxy) is 1. The Balaban J connectivity index is 0.000000581. The zero-order chi connectivity index (χ0) is 13.4. The van der Waals surface area contributed by atoms with Gasteiger partial charge in [0, 0.05) is 0 Å². The third-order valence-corrected chi connectivity index (χ3v) is 1.90. The van der Waals surface area contributed by atoms with Gasteiger partial charge in [0.15, 0.2) is 5.82 Å². The van der Waals surface area contributed by atoms with E-state index in [0.717, 1.165) is 0 Å². The number of imidazole rings is 1. The predicted octanol–water partition coefficient (Wildman–Crippen LogP) is 4.07. The van der Waals surface area contributed by atoms with Crippen molar-refractivity contribution in [2.45, 2.75) is 34.6 Å². The lowest BCUT2D eigenvalue weighted by Gasteiger charge is -1.99. The molecule has 0 spiro atoms. The SMILES string of the molecule is CC.CC.COc1ccc(F)c2nc(C)[nH]c12. The normalized spacial score (nSPS) is 8.88. The molecule has 0 radical (unpaired) electrons. The Bertz CT molecular complexity index is 452. The largest absolute Gasteiger partial charge is 0.494 e. The Kier molecular flexibility index (Phi) is 6.94. The van der Waals surface area contributed by atoms with Crippen LogP contribution in [0.4, 0.5) is 4.39 Å². The molecule has 1 heterocycles. The molecule has 96 valence electrons. The molecule has 1 N–H and O–H groups in total. The van der Waals surface area contributed by atoms with Gasteiger partial charge in [0.25, 0.3) is 0 Å². The summed E-state index contributed by atoms with van der Waals surface area (Å²) >= 11 is 0. The number of aromatic nitrogens is 2. The number of benzene rings is 1. The van der Waals surface area contributed by atoms with Crippen LogP contribution in [0.5, 0.6) is 5.75 Å². The third-order valence-electron chi connectivity index (χ3n) is 1.90. The number of nitrogens with zero attached hydrogens (tertiary/aromatic N) is 1. The van der Waals surface area contributed by atoms with Crippen molar-refractivity contribution in [3.63, 3.8) is 0 Å². The minimum atomic E-state index is -0.333. The summed E-state index contributed by atoms with van der Waals surface area (Å²) in [5.41, 5.74) is 0.942. The Hall–Kier alpha value is -1.58. The standard InChI is InChI=1S/C9H9FN2O.2C2H6/c1-5-11-8-6(10)3-4-7(13-2)9(8)12-5;2*1-2/h3-4H,1-2H3,(H,11,12);2*1-2H3. The molecule has 0 aliphatic carbocycles. The molecular formula is C13H21FN2O. The van der Waals surface area contributed by atoms with Crippen molar-refractivity contribution in [1.29, 1.82) is 0 Å². The fourth-order valence-electron chi connectivity index (χ4n) is 1.32. The highest BCUT2D eigenvalue weighted by Gasteiger charge is 2.09. The first-order valence-corrected chi connectivity index (χ1v) is 5.91. The van der Waals surface area contributed by atoms with Gasteiger partial charge in [0.1, 0.15) is 22.6 Å². The summed E-state index contributed by atoms with van der Waals surface area (Å²) in [6, 6.07) is 2.93. The number of aryl methyl sites for hydroxylation is 1. The molecule has 4 heteroatoms. The second kappa shape index (κ2) is 7.65. The summed E-state index contributed by atoms with van der Waals surface area (Å²) in [4.78, 5) is 6.95. The second-order valence-corrected chi connectivity index (χ2v) is 2.80. The molecule has 2 rings (SSSR count). The van der Waals surface area contributed by atoms with Crippen molar-refractivity contribution >= 4 is 11.0 Å². The molecule has 2 aromatic rings. The van der Waals surface area contributed by atoms with Crippen molar-refractivity contribution in [1.82, 2.24) is 9.97 Å². The summed E-state index contributed by atoms with van der Waals surface area (Å²) in [6.45, 7) is 9.78. The summed E-state index contributed by atoms with van der Waals surface area (Å²) < 4.78 is 18.2. The molecule has 17 heavy (non-hydrogen) atoms. The Morgan fingerprint density at radius 2 is 1.76 bits per heavy atom. The molecule has 0 fully saturated rings. The van der Waals surface area contributed by atoms with Crippen LogP contribution in [0.2, 0.25) is 0 Å². The molecule has 0 saturated carbocycles. The van der Waals surface area contributed by atoms with Crippen LogP contribution in [0.1, 0.15) is 33.5 Å². The summed E-state index contributed by atoms with van der Waals surface area (Å²) in [7, 11) is 1.54. The molecule has 0 bridgehead atoms. The van der Waals surface area contributed by atoms with E-state index in [-0.39, 0.29) is 5.82 Å². The van der Waals surface area contributed by atoms with Crippen molar-refractivity contribution in [2.24, 2.45) is 0 Å². The minimum absolute atomic E-state index is 0.330. The summed E-state index contributed by atoms with van der Waals surface area (Å²) in [5.74, 6) is 0.954. The fraction of sp³-hybridized carbons (Fsp3) is 0.462. The minimum Gasteiger partial charge on any atom is -0.494 e. The number of nitrogens with one attached hydrogen (secondary N) is 1. The van der Waals surface area contributed by atoms with Crippen LogP contribution in [-0.2, 0) is 0 Å². The summed E-state index contributed by atoms with van der Waals surface area (Å²) in [5, 5.41) is 0. The van der Waals surface area contributed by atoms with Crippen LogP contribution < -0.4 is 4.74 Å². The average molecular weight is 240 g/mol. The van der Waals surface area contributed by atoms with Gasteiger partial charge in [-0.1, -0.05) is 27.7 Å². The van der Waals surface area contributed by atoms with E-state index in [1.54, 1.807) is 20.1 Å². The molecule has 0 amide bonds. The van der Waals surface area contributed by atoms with E-state index in [0.29, 0.717) is 22.6 Å². The first kappa shape index (κ1) is 15.4. The van der Waals surface area contributed by atoms with Gasteiger partial charge >= 0.3 is 0 Å². The van der Waals surface area contributed by atoms with Gasteiger partial charge in [-0.05, 0) is 19.1 Å². The Morgan fingerprint density at radius 1 is 1.18 bits per heavy atom. The smallest absolute Gasteiger partial charge is 0.151 e. The lowest BCUT2D eigenvalue weighted by atomic mass is 10.3. The molecule has 0 aliphatic rings. The van der Waals surface area contributed by atoms with Crippen LogP contribution in [0, 0.1) is 12.7 Å². The highest BCUT2D eigenvalue weighted by Crippen LogP contribution is 2.25. The highest BCUT2D eigenvalue weighted by atomic mass is 19.1. The van der Waals surface area contributed by atoms with E-state index in [1.807, 2.05) is 27.7 Å². The van der Waals surface area contributed by atoms with Crippen molar-refractivity contribution in [2.75, 3.05) is 7.11 Å². The molecule has 0 aliphatic heterocycles. The van der Waals surface area contributed by atoms with Gasteiger partial charge in [-0.3, -0.25) is 0 Å². The second-order valence-electron chi connectivity index (χ2n) is 2.80. The summed E-state index contributed by atoms with van der Waals surface area (Å²) in [6.07, 6.45) is 0. The molecule has 0 saturated heterocycles. The van der Waals surface area contributed by atoms with Crippen LogP contribution in [0.25, 0.3) is 11.0 Å². The van der Waals surface area contributed by atoms with Gasteiger partial charge in [-0.25, -0.2) is 9.37 Å². The lowest BCUT2D eigenvalue weighted by Crippen LogP contribution is -1.86. The maximum Gasteiger partial charge on any atom is 0.151 e. The number of methoxy groups -OCH3 is 1. The number of rotatable bonds is 1. The van der Waals surface area contributed by atoms with E-state index in [9.17, 15) is 4.39 Å². The molecular weight excluding hydrogens is 219 g/mol. The first-order chi connectivity index (χ1) is 8.22. The maximum atomic E-state index is 13.2. The van der Waals surface area contributed by atoms with Crippen molar-refractivity contribution in [3.05, 3.63) is 23.8 Å². The maximum absolute atomic E-state index is 13.2. The monoisotopic (exact) mass is 240 g/mol. The Labute approximate surface area is 102 Å².